The van der Waals surface area contributed by atoms with Crippen molar-refractivity contribution in [3.05, 3.63) is 35.4 Å². The molecule has 0 unspecified atom stereocenters. The van der Waals surface area contributed by atoms with E-state index < -0.39 is 29.1 Å². The van der Waals surface area contributed by atoms with Crippen molar-refractivity contribution in [1.82, 2.24) is 5.32 Å². The minimum Gasteiger partial charge on any atom is -0.351 e. The quantitative estimate of drug-likeness (QED) is 0.702. The summed E-state index contributed by atoms with van der Waals surface area (Å²) in [5, 5.41) is 1.62. The van der Waals surface area contributed by atoms with E-state index in [1.165, 1.54) is 0 Å². The number of benzene rings is 1. The molecule has 3 amide bonds. The van der Waals surface area contributed by atoms with Crippen LogP contribution in [0.2, 0.25) is 0 Å². The van der Waals surface area contributed by atoms with E-state index in [4.69, 9.17) is 0 Å². The normalized spacial score (nSPS) is 9.57. The van der Waals surface area contributed by atoms with Crippen molar-refractivity contribution in [1.29, 1.82) is 0 Å². The van der Waals surface area contributed by atoms with Crippen molar-refractivity contribution in [2.24, 2.45) is 5.73 Å². The maximum absolute atomic E-state index is 12.9. The van der Waals surface area contributed by atoms with Crippen LogP contribution in [0.4, 0.5) is 13.6 Å². The zero-order chi connectivity index (χ0) is 10.7. The molecule has 0 saturated carbocycles. The molecule has 0 spiro atoms. The number of nitrogens with two attached hydrogens (primary N) is 1. The molecule has 0 fully saturated rings. The van der Waals surface area contributed by atoms with Crippen LogP contribution in [0.15, 0.2) is 18.2 Å². The molecule has 0 bridgehead atoms. The average molecular weight is 200 g/mol. The Labute approximate surface area is 77.7 Å². The van der Waals surface area contributed by atoms with Crippen molar-refractivity contribution in [3.8, 4) is 0 Å². The van der Waals surface area contributed by atoms with Gasteiger partial charge >= 0.3 is 6.03 Å². The maximum atomic E-state index is 12.9. The number of halogens is 2. The van der Waals surface area contributed by atoms with Gasteiger partial charge < -0.3 is 5.73 Å². The van der Waals surface area contributed by atoms with Crippen LogP contribution in [0.5, 0.6) is 0 Å². The molecule has 0 radical (unpaired) electrons. The van der Waals surface area contributed by atoms with Gasteiger partial charge in [-0.05, 0) is 18.2 Å². The molecule has 0 aliphatic rings. The topological polar surface area (TPSA) is 72.2 Å². The summed E-state index contributed by atoms with van der Waals surface area (Å²) in [5.41, 5.74) is 4.07. The van der Waals surface area contributed by atoms with Gasteiger partial charge in [-0.3, -0.25) is 10.1 Å². The van der Waals surface area contributed by atoms with E-state index in [2.05, 4.69) is 5.73 Å². The molecule has 4 nitrogen and oxygen atoms in total. The van der Waals surface area contributed by atoms with Crippen molar-refractivity contribution < 1.29 is 18.4 Å². The highest BCUT2D eigenvalue weighted by atomic mass is 19.1. The molecule has 6 heteroatoms. The summed E-state index contributed by atoms with van der Waals surface area (Å²) in [4.78, 5) is 21.3. The van der Waals surface area contributed by atoms with Gasteiger partial charge in [-0.1, -0.05) is 0 Å². The monoisotopic (exact) mass is 200 g/mol. The summed E-state index contributed by atoms with van der Waals surface area (Å²) in [6.07, 6.45) is 0. The largest absolute Gasteiger partial charge is 0.351 e. The Hall–Kier alpha value is -1.98. The summed E-state index contributed by atoms with van der Waals surface area (Å²) in [7, 11) is 0. The van der Waals surface area contributed by atoms with E-state index in [0.717, 1.165) is 12.1 Å². The molecular formula is C8H6F2N2O2. The molecule has 14 heavy (non-hydrogen) atoms. The zero-order valence-electron chi connectivity index (χ0n) is 6.88. The highest BCUT2D eigenvalue weighted by Crippen LogP contribution is 2.08. The van der Waals surface area contributed by atoms with Gasteiger partial charge in [0.15, 0.2) is 0 Å². The molecule has 1 rings (SSSR count). The summed E-state index contributed by atoms with van der Waals surface area (Å²) in [6, 6.07) is 1.19. The van der Waals surface area contributed by atoms with Crippen LogP contribution in [-0.4, -0.2) is 11.9 Å². The van der Waals surface area contributed by atoms with Crippen LogP contribution in [0.3, 0.4) is 0 Å². The van der Waals surface area contributed by atoms with Crippen LogP contribution in [-0.2, 0) is 0 Å². The minimum atomic E-state index is -1.13. The second-order valence-corrected chi connectivity index (χ2v) is 2.44. The molecule has 0 aromatic heterocycles. The van der Waals surface area contributed by atoms with Crippen molar-refractivity contribution >= 4 is 11.9 Å². The average Bonchev–Trinajstić information content (AvgIpc) is 2.08. The van der Waals surface area contributed by atoms with Crippen LogP contribution >= 0.6 is 0 Å². The number of nitrogens with one attached hydrogen (secondary N) is 1. The molecule has 74 valence electrons. The Bertz CT molecular complexity index is 393. The molecule has 3 N–H and O–H groups in total. The maximum Gasteiger partial charge on any atom is 0.319 e. The fourth-order valence-corrected chi connectivity index (χ4v) is 0.851. The fraction of sp³-hybridized carbons (Fsp3) is 0. The molecule has 0 atom stereocenters. The van der Waals surface area contributed by atoms with Gasteiger partial charge in [0.2, 0.25) is 0 Å². The number of imide groups is 1. The highest BCUT2D eigenvalue weighted by molar-refractivity contribution is 6.03. The lowest BCUT2D eigenvalue weighted by molar-refractivity contribution is 0.0962. The molecule has 0 heterocycles. The van der Waals surface area contributed by atoms with E-state index in [0.29, 0.717) is 6.07 Å². The van der Waals surface area contributed by atoms with Gasteiger partial charge in [0.25, 0.3) is 5.91 Å². The number of carbonyl (C=O) groups excluding carboxylic acids is 2. The summed E-state index contributed by atoms with van der Waals surface area (Å²) >= 11 is 0. The van der Waals surface area contributed by atoms with Gasteiger partial charge in [0.05, 0.1) is 5.56 Å². The summed E-state index contributed by atoms with van der Waals surface area (Å²) in [6.45, 7) is 0. The first kappa shape index (κ1) is 10.1. The second-order valence-electron chi connectivity index (χ2n) is 2.44. The number of urea groups is 1. The lowest BCUT2D eigenvalue weighted by atomic mass is 10.2. The third-order valence-electron chi connectivity index (χ3n) is 1.41. The lowest BCUT2D eigenvalue weighted by Gasteiger charge is -2.01. The van der Waals surface area contributed by atoms with Gasteiger partial charge in [-0.25, -0.2) is 13.6 Å². The summed E-state index contributed by atoms with van der Waals surface area (Å²) < 4.78 is 25.5. The smallest absolute Gasteiger partial charge is 0.319 e. The van der Waals surface area contributed by atoms with Gasteiger partial charge in [-0.2, -0.15) is 0 Å². The van der Waals surface area contributed by atoms with E-state index in [9.17, 15) is 18.4 Å². The second kappa shape index (κ2) is 3.82. The highest BCUT2D eigenvalue weighted by Gasteiger charge is 2.13. The predicted molar refractivity (Wildman–Crippen MR) is 43.4 cm³/mol. The number of carbonyl (C=O) groups is 2. The third-order valence-corrected chi connectivity index (χ3v) is 1.41. The predicted octanol–water partition coefficient (Wildman–Crippen LogP) is 0.773. The van der Waals surface area contributed by atoms with E-state index >= 15 is 0 Å². The number of hydrogen-bond donors (Lipinski definition) is 2. The van der Waals surface area contributed by atoms with Crippen molar-refractivity contribution in [2.75, 3.05) is 0 Å². The van der Waals surface area contributed by atoms with Crippen LogP contribution in [0.25, 0.3) is 0 Å². The van der Waals surface area contributed by atoms with E-state index in [1.807, 2.05) is 0 Å². The lowest BCUT2D eigenvalue weighted by Crippen LogP contribution is -2.35. The van der Waals surface area contributed by atoms with Crippen LogP contribution in [0.1, 0.15) is 10.4 Å². The van der Waals surface area contributed by atoms with Crippen molar-refractivity contribution in [2.45, 2.75) is 0 Å². The number of hydrogen-bond acceptors (Lipinski definition) is 2. The standard InChI is InChI=1S/C8H6F2N2O2/c9-4-1-2-6(10)5(3-4)7(13)12-8(11)14/h1-3H,(H3,11,12,13,14). The first-order chi connectivity index (χ1) is 6.50. The van der Waals surface area contributed by atoms with E-state index in [1.54, 1.807) is 5.32 Å². The zero-order valence-corrected chi connectivity index (χ0v) is 6.88. The Morgan fingerprint density at radius 2 is 1.93 bits per heavy atom. The first-order valence-corrected chi connectivity index (χ1v) is 3.56. The first-order valence-electron chi connectivity index (χ1n) is 3.56. The third kappa shape index (κ3) is 2.25. The van der Waals surface area contributed by atoms with Crippen LogP contribution in [0, 0.1) is 11.6 Å². The summed E-state index contributed by atoms with van der Waals surface area (Å²) in [5.74, 6) is -2.78. The van der Waals surface area contributed by atoms with Crippen LogP contribution < -0.4 is 11.1 Å². The Kier molecular flexibility index (Phi) is 2.76. The molecule has 1 aromatic carbocycles. The molecule has 0 aliphatic carbocycles. The SMILES string of the molecule is NC(=O)NC(=O)c1cc(F)ccc1F. The van der Waals surface area contributed by atoms with Gasteiger partial charge in [0, 0.05) is 0 Å². The molecule has 0 aliphatic heterocycles. The number of primary amides is 1. The van der Waals surface area contributed by atoms with Gasteiger partial charge in [0.1, 0.15) is 11.6 Å². The minimum absolute atomic E-state index is 0.566. The van der Waals surface area contributed by atoms with Gasteiger partial charge in [-0.15, -0.1) is 0 Å². The fourth-order valence-electron chi connectivity index (χ4n) is 0.851. The Balaban J connectivity index is 3.00. The molecule has 0 saturated heterocycles. The Morgan fingerprint density at radius 3 is 2.50 bits per heavy atom. The number of rotatable bonds is 1. The Morgan fingerprint density at radius 1 is 1.29 bits per heavy atom. The van der Waals surface area contributed by atoms with Crippen molar-refractivity contribution in [3.63, 3.8) is 0 Å². The molecule has 1 aromatic rings. The number of amides is 3. The molecular weight excluding hydrogens is 194 g/mol. The van der Waals surface area contributed by atoms with E-state index in [-0.39, 0.29) is 0 Å².